The fourth-order valence-corrected chi connectivity index (χ4v) is 3.87. The SMILES string of the molecule is C=Cc1c(Br)cc(-c2cccnc2)cc1N=C(C)NC(=O)NC1CCCC1. The summed E-state index contributed by atoms with van der Waals surface area (Å²) in [6.07, 6.45) is 9.75. The highest BCUT2D eigenvalue weighted by atomic mass is 79.9. The molecule has 1 saturated carbocycles. The van der Waals surface area contributed by atoms with Gasteiger partial charge in [0.05, 0.1) is 5.69 Å². The van der Waals surface area contributed by atoms with Gasteiger partial charge in [-0.2, -0.15) is 0 Å². The molecule has 0 spiro atoms. The second-order valence-corrected chi connectivity index (χ2v) is 7.47. The predicted octanol–water partition coefficient (Wildman–Crippen LogP) is 5.45. The number of amides is 2. The summed E-state index contributed by atoms with van der Waals surface area (Å²) in [7, 11) is 0. The first kappa shape index (κ1) is 19.3. The molecule has 1 aromatic carbocycles. The molecule has 5 nitrogen and oxygen atoms in total. The summed E-state index contributed by atoms with van der Waals surface area (Å²) in [6.45, 7) is 5.66. The average molecular weight is 427 g/mol. The highest BCUT2D eigenvalue weighted by Crippen LogP contribution is 2.34. The van der Waals surface area contributed by atoms with Crippen LogP contribution in [0.2, 0.25) is 0 Å². The zero-order valence-corrected chi connectivity index (χ0v) is 16.9. The van der Waals surface area contributed by atoms with Crippen LogP contribution in [0.5, 0.6) is 0 Å². The quantitative estimate of drug-likeness (QED) is 0.504. The van der Waals surface area contributed by atoms with Crippen molar-refractivity contribution in [2.24, 2.45) is 4.99 Å². The zero-order chi connectivity index (χ0) is 19.2. The maximum atomic E-state index is 12.2. The molecule has 2 aromatic rings. The minimum atomic E-state index is -0.203. The van der Waals surface area contributed by atoms with Crippen LogP contribution in [0.4, 0.5) is 10.5 Å². The number of halogens is 1. The van der Waals surface area contributed by atoms with Gasteiger partial charge >= 0.3 is 6.03 Å². The third-order valence-corrected chi connectivity index (χ3v) is 5.24. The number of carbonyl (C=O) groups is 1. The van der Waals surface area contributed by atoms with Crippen molar-refractivity contribution in [1.29, 1.82) is 0 Å². The summed E-state index contributed by atoms with van der Waals surface area (Å²) in [4.78, 5) is 21.0. The minimum absolute atomic E-state index is 0.203. The summed E-state index contributed by atoms with van der Waals surface area (Å²) in [6, 6.07) is 7.95. The van der Waals surface area contributed by atoms with Gasteiger partial charge in [0.15, 0.2) is 0 Å². The molecule has 6 heteroatoms. The van der Waals surface area contributed by atoms with Crippen molar-refractivity contribution in [1.82, 2.24) is 15.6 Å². The number of rotatable bonds is 4. The van der Waals surface area contributed by atoms with Gasteiger partial charge in [-0.05, 0) is 43.5 Å². The number of amidine groups is 1. The molecular formula is C21H23BrN4O. The largest absolute Gasteiger partial charge is 0.335 e. The Bertz CT molecular complexity index is 858. The van der Waals surface area contributed by atoms with Gasteiger partial charge in [0.1, 0.15) is 5.84 Å². The number of pyridine rings is 1. The van der Waals surface area contributed by atoms with E-state index in [9.17, 15) is 4.79 Å². The lowest BCUT2D eigenvalue weighted by molar-refractivity contribution is 0.241. The Morgan fingerprint density at radius 2 is 2.11 bits per heavy atom. The third kappa shape index (κ3) is 5.04. The van der Waals surface area contributed by atoms with Gasteiger partial charge in [-0.1, -0.05) is 47.5 Å². The molecule has 1 heterocycles. The number of benzene rings is 1. The van der Waals surface area contributed by atoms with Crippen molar-refractivity contribution in [2.45, 2.75) is 38.6 Å². The van der Waals surface area contributed by atoms with Gasteiger partial charge in [-0.3, -0.25) is 10.3 Å². The van der Waals surface area contributed by atoms with Crippen LogP contribution in [0.25, 0.3) is 17.2 Å². The lowest BCUT2D eigenvalue weighted by Crippen LogP contribution is -2.42. The molecule has 0 saturated heterocycles. The molecule has 0 unspecified atom stereocenters. The number of carbonyl (C=O) groups excluding carboxylic acids is 1. The second-order valence-electron chi connectivity index (χ2n) is 6.61. The predicted molar refractivity (Wildman–Crippen MR) is 114 cm³/mol. The Labute approximate surface area is 168 Å². The van der Waals surface area contributed by atoms with Crippen LogP contribution in [-0.2, 0) is 0 Å². The van der Waals surface area contributed by atoms with E-state index in [1.807, 2.05) is 30.5 Å². The van der Waals surface area contributed by atoms with Gasteiger partial charge in [-0.25, -0.2) is 9.79 Å². The van der Waals surface area contributed by atoms with E-state index in [1.54, 1.807) is 19.2 Å². The van der Waals surface area contributed by atoms with E-state index in [4.69, 9.17) is 0 Å². The normalized spacial score (nSPS) is 14.8. The lowest BCUT2D eigenvalue weighted by Gasteiger charge is -2.13. The monoisotopic (exact) mass is 426 g/mol. The molecule has 140 valence electrons. The number of urea groups is 1. The highest BCUT2D eigenvalue weighted by Gasteiger charge is 2.17. The van der Waals surface area contributed by atoms with Crippen molar-refractivity contribution < 1.29 is 4.79 Å². The summed E-state index contributed by atoms with van der Waals surface area (Å²) in [5.74, 6) is 0.531. The number of nitrogens with one attached hydrogen (secondary N) is 2. The first-order valence-electron chi connectivity index (χ1n) is 9.06. The molecule has 27 heavy (non-hydrogen) atoms. The van der Waals surface area contributed by atoms with E-state index in [-0.39, 0.29) is 12.1 Å². The summed E-state index contributed by atoms with van der Waals surface area (Å²) < 4.78 is 0.890. The van der Waals surface area contributed by atoms with Crippen LogP contribution in [0.3, 0.4) is 0 Å². The Hall–Kier alpha value is -2.47. The molecule has 1 aliphatic carbocycles. The maximum absolute atomic E-state index is 12.2. The van der Waals surface area contributed by atoms with Crippen molar-refractivity contribution >= 4 is 39.6 Å². The minimum Gasteiger partial charge on any atom is -0.335 e. The van der Waals surface area contributed by atoms with E-state index in [0.29, 0.717) is 5.84 Å². The Kier molecular flexibility index (Phi) is 6.40. The lowest BCUT2D eigenvalue weighted by atomic mass is 10.0. The number of aromatic nitrogens is 1. The van der Waals surface area contributed by atoms with Crippen molar-refractivity contribution in [3.8, 4) is 11.1 Å². The molecular weight excluding hydrogens is 404 g/mol. The number of nitrogens with zero attached hydrogens (tertiary/aromatic N) is 2. The molecule has 2 amide bonds. The Morgan fingerprint density at radius 1 is 1.33 bits per heavy atom. The van der Waals surface area contributed by atoms with Gasteiger partial charge < -0.3 is 5.32 Å². The van der Waals surface area contributed by atoms with Gasteiger partial charge in [0.25, 0.3) is 0 Å². The molecule has 0 bridgehead atoms. The fourth-order valence-electron chi connectivity index (χ4n) is 3.26. The van der Waals surface area contributed by atoms with Crippen LogP contribution in [0.1, 0.15) is 38.2 Å². The van der Waals surface area contributed by atoms with Crippen LogP contribution in [0.15, 0.2) is 52.7 Å². The molecule has 0 aliphatic heterocycles. The van der Waals surface area contributed by atoms with Crippen molar-refractivity contribution in [2.75, 3.05) is 0 Å². The van der Waals surface area contributed by atoms with E-state index in [2.05, 4.69) is 43.1 Å². The fraction of sp³-hybridized carbons (Fsp3) is 0.286. The van der Waals surface area contributed by atoms with E-state index >= 15 is 0 Å². The molecule has 0 radical (unpaired) electrons. The molecule has 3 rings (SSSR count). The average Bonchev–Trinajstić information content (AvgIpc) is 3.15. The van der Waals surface area contributed by atoms with Crippen LogP contribution in [0, 0.1) is 0 Å². The third-order valence-electron chi connectivity index (χ3n) is 4.58. The van der Waals surface area contributed by atoms with Gasteiger partial charge in [-0.15, -0.1) is 0 Å². The molecule has 1 fully saturated rings. The summed E-state index contributed by atoms with van der Waals surface area (Å²) in [5, 5.41) is 5.83. The molecule has 2 N–H and O–H groups in total. The number of hydrogen-bond donors (Lipinski definition) is 2. The maximum Gasteiger partial charge on any atom is 0.320 e. The second kappa shape index (κ2) is 8.95. The van der Waals surface area contributed by atoms with E-state index in [0.717, 1.165) is 39.7 Å². The topological polar surface area (TPSA) is 66.4 Å². The summed E-state index contributed by atoms with van der Waals surface area (Å²) >= 11 is 3.59. The summed E-state index contributed by atoms with van der Waals surface area (Å²) in [5.41, 5.74) is 3.59. The van der Waals surface area contributed by atoms with Gasteiger partial charge in [0, 0.05) is 34.0 Å². The van der Waals surface area contributed by atoms with Crippen LogP contribution >= 0.6 is 15.9 Å². The molecule has 1 aromatic heterocycles. The highest BCUT2D eigenvalue weighted by molar-refractivity contribution is 9.10. The Morgan fingerprint density at radius 3 is 2.78 bits per heavy atom. The van der Waals surface area contributed by atoms with Crippen LogP contribution in [-0.4, -0.2) is 22.9 Å². The van der Waals surface area contributed by atoms with Crippen LogP contribution < -0.4 is 10.6 Å². The first-order chi connectivity index (χ1) is 13.1. The number of hydrogen-bond acceptors (Lipinski definition) is 3. The number of aliphatic imine (C=N–C) groups is 1. The van der Waals surface area contributed by atoms with Gasteiger partial charge in [0.2, 0.25) is 0 Å². The van der Waals surface area contributed by atoms with Crippen molar-refractivity contribution in [3.05, 3.63) is 53.3 Å². The molecule has 0 atom stereocenters. The zero-order valence-electron chi connectivity index (χ0n) is 15.3. The van der Waals surface area contributed by atoms with E-state index < -0.39 is 0 Å². The first-order valence-corrected chi connectivity index (χ1v) is 9.85. The standard InChI is InChI=1S/C21H23BrN4O/c1-3-18-19(22)11-16(15-7-6-10-23-13-15)12-20(18)24-14(2)25-21(27)26-17-8-4-5-9-17/h3,6-7,10-13,17H,1,4-5,8-9H2,2H3,(H2,24,25,26,27). The van der Waals surface area contributed by atoms with E-state index in [1.165, 1.54) is 12.8 Å². The van der Waals surface area contributed by atoms with Crippen molar-refractivity contribution in [3.63, 3.8) is 0 Å². The smallest absolute Gasteiger partial charge is 0.320 e. The molecule has 1 aliphatic rings. The Balaban J connectivity index is 1.83.